The number of allylic oxidation sites excluding steroid dienone is 4. The van der Waals surface area contributed by atoms with Crippen molar-refractivity contribution in [2.75, 3.05) is 0 Å². The summed E-state index contributed by atoms with van der Waals surface area (Å²) in [5, 5.41) is 0. The summed E-state index contributed by atoms with van der Waals surface area (Å²) in [5.74, 6) is 1.05. The Kier molecular flexibility index (Phi) is 0.987. The monoisotopic (exact) mass is 156 g/mol. The Bertz CT molecular complexity index is 407. The molecular weight excluding hydrogens is 148 g/mol. The number of fused-ring (bicyclic) bond motifs is 3. The lowest BCUT2D eigenvalue weighted by Crippen LogP contribution is -2.10. The third-order valence-electron chi connectivity index (χ3n) is 2.33. The molecule has 2 aliphatic rings. The minimum Gasteiger partial charge on any atom is -0.322 e. The number of hydrogen-bond acceptors (Lipinski definition) is 1. The van der Waals surface area contributed by atoms with Gasteiger partial charge in [0.05, 0.1) is 6.04 Å². The van der Waals surface area contributed by atoms with Crippen LogP contribution in [-0.2, 0) is 0 Å². The van der Waals surface area contributed by atoms with Gasteiger partial charge in [-0.1, -0.05) is 18.2 Å². The number of rotatable bonds is 0. The summed E-state index contributed by atoms with van der Waals surface area (Å²) < 4.78 is 2.18. The minimum absolute atomic E-state index is 0.396. The lowest BCUT2D eigenvalue weighted by molar-refractivity contribution is 0.715. The first kappa shape index (κ1) is 6.00. The fourth-order valence-corrected chi connectivity index (χ4v) is 1.72. The predicted octanol–water partition coefficient (Wildman–Crippen LogP) is 2.24. The average Bonchev–Trinajstić information content (AvgIpc) is 2.71. The Labute approximate surface area is 70.5 Å². The quantitative estimate of drug-likeness (QED) is 0.548. The standard InChI is InChI=1S/C10H8N2/c1-3-8-7-11-10-5-2-6-12(10)9(8)4-1/h1-7,9H. The molecular formula is C10H8N2. The van der Waals surface area contributed by atoms with Gasteiger partial charge in [0.25, 0.3) is 0 Å². The van der Waals surface area contributed by atoms with Crippen LogP contribution in [0.3, 0.4) is 0 Å². The van der Waals surface area contributed by atoms with Gasteiger partial charge >= 0.3 is 0 Å². The summed E-state index contributed by atoms with van der Waals surface area (Å²) in [4.78, 5) is 4.33. The van der Waals surface area contributed by atoms with Gasteiger partial charge in [0.2, 0.25) is 0 Å². The van der Waals surface area contributed by atoms with Crippen molar-refractivity contribution in [3.63, 3.8) is 0 Å². The van der Waals surface area contributed by atoms with Crippen molar-refractivity contribution in [2.45, 2.75) is 6.04 Å². The molecule has 0 bridgehead atoms. The van der Waals surface area contributed by atoms with E-state index in [1.165, 1.54) is 5.57 Å². The van der Waals surface area contributed by atoms with Gasteiger partial charge in [0.15, 0.2) is 0 Å². The van der Waals surface area contributed by atoms with Crippen molar-refractivity contribution < 1.29 is 0 Å². The van der Waals surface area contributed by atoms with E-state index in [4.69, 9.17) is 0 Å². The van der Waals surface area contributed by atoms with Gasteiger partial charge in [0.1, 0.15) is 5.82 Å². The molecule has 1 atom stereocenters. The molecule has 0 spiro atoms. The van der Waals surface area contributed by atoms with Crippen LogP contribution < -0.4 is 0 Å². The molecule has 1 aromatic heterocycles. The van der Waals surface area contributed by atoms with Crippen LogP contribution in [0, 0.1) is 0 Å². The van der Waals surface area contributed by atoms with E-state index in [0.717, 1.165) is 5.82 Å². The van der Waals surface area contributed by atoms with Crippen molar-refractivity contribution in [3.05, 3.63) is 42.1 Å². The lowest BCUT2D eigenvalue weighted by Gasteiger charge is -2.18. The maximum Gasteiger partial charge on any atom is 0.133 e. The molecule has 2 nitrogen and oxygen atoms in total. The Morgan fingerprint density at radius 2 is 2.42 bits per heavy atom. The van der Waals surface area contributed by atoms with Gasteiger partial charge in [-0.3, -0.25) is 0 Å². The molecule has 0 saturated carbocycles. The van der Waals surface area contributed by atoms with E-state index in [1.807, 2.05) is 18.3 Å². The summed E-state index contributed by atoms with van der Waals surface area (Å²) in [5.41, 5.74) is 1.28. The highest BCUT2D eigenvalue weighted by Crippen LogP contribution is 2.32. The first-order valence-corrected chi connectivity index (χ1v) is 4.04. The van der Waals surface area contributed by atoms with E-state index in [0.29, 0.717) is 6.04 Å². The van der Waals surface area contributed by atoms with Gasteiger partial charge in [-0.25, -0.2) is 4.99 Å². The largest absolute Gasteiger partial charge is 0.322 e. The van der Waals surface area contributed by atoms with Crippen LogP contribution in [-0.4, -0.2) is 10.8 Å². The second kappa shape index (κ2) is 1.97. The molecule has 0 aromatic carbocycles. The highest BCUT2D eigenvalue weighted by Gasteiger charge is 2.19. The summed E-state index contributed by atoms with van der Waals surface area (Å²) in [6, 6.07) is 4.45. The van der Waals surface area contributed by atoms with E-state index in [1.54, 1.807) is 0 Å². The van der Waals surface area contributed by atoms with Crippen molar-refractivity contribution in [3.8, 4) is 0 Å². The molecule has 0 saturated heterocycles. The molecule has 0 amide bonds. The Morgan fingerprint density at radius 1 is 1.42 bits per heavy atom. The van der Waals surface area contributed by atoms with Gasteiger partial charge < -0.3 is 4.57 Å². The van der Waals surface area contributed by atoms with E-state index < -0.39 is 0 Å². The summed E-state index contributed by atoms with van der Waals surface area (Å²) in [6.45, 7) is 0. The molecule has 12 heavy (non-hydrogen) atoms. The van der Waals surface area contributed by atoms with Crippen LogP contribution in [0.15, 0.2) is 47.1 Å². The van der Waals surface area contributed by atoms with E-state index in [9.17, 15) is 0 Å². The maximum atomic E-state index is 4.33. The van der Waals surface area contributed by atoms with Crippen LogP contribution in [0.1, 0.15) is 6.04 Å². The summed E-state index contributed by atoms with van der Waals surface area (Å²) in [6.07, 6.45) is 10.4. The van der Waals surface area contributed by atoms with Crippen LogP contribution in [0.5, 0.6) is 0 Å². The molecule has 3 rings (SSSR count). The molecule has 58 valence electrons. The van der Waals surface area contributed by atoms with Gasteiger partial charge in [-0.05, 0) is 17.7 Å². The Balaban J connectivity index is 2.26. The zero-order chi connectivity index (χ0) is 7.97. The number of aromatic nitrogens is 1. The smallest absolute Gasteiger partial charge is 0.133 e. The normalized spacial score (nSPS) is 23.7. The molecule has 2 heteroatoms. The molecule has 0 N–H and O–H groups in total. The maximum absolute atomic E-state index is 4.33. The predicted molar refractivity (Wildman–Crippen MR) is 48.8 cm³/mol. The third kappa shape index (κ3) is 0.619. The number of hydrogen-bond donors (Lipinski definition) is 0. The lowest BCUT2D eigenvalue weighted by atomic mass is 10.1. The van der Waals surface area contributed by atoms with Crippen molar-refractivity contribution in [1.29, 1.82) is 0 Å². The highest BCUT2D eigenvalue weighted by molar-refractivity contribution is 5.85. The van der Waals surface area contributed by atoms with Gasteiger partial charge in [-0.15, -0.1) is 0 Å². The average molecular weight is 156 g/mol. The molecule has 0 fully saturated rings. The first-order chi connectivity index (χ1) is 5.95. The van der Waals surface area contributed by atoms with Gasteiger partial charge in [-0.2, -0.15) is 0 Å². The van der Waals surface area contributed by atoms with E-state index >= 15 is 0 Å². The first-order valence-electron chi connectivity index (χ1n) is 4.04. The van der Waals surface area contributed by atoms with Crippen LogP contribution in [0.4, 0.5) is 5.82 Å². The zero-order valence-corrected chi connectivity index (χ0v) is 6.51. The molecule has 0 radical (unpaired) electrons. The summed E-state index contributed by atoms with van der Waals surface area (Å²) >= 11 is 0. The van der Waals surface area contributed by atoms with Gasteiger partial charge in [0, 0.05) is 12.4 Å². The fourth-order valence-electron chi connectivity index (χ4n) is 1.72. The van der Waals surface area contributed by atoms with Crippen molar-refractivity contribution in [1.82, 2.24) is 4.57 Å². The Hall–Kier alpha value is -1.57. The van der Waals surface area contributed by atoms with Crippen LogP contribution in [0.25, 0.3) is 0 Å². The van der Waals surface area contributed by atoms with Crippen molar-refractivity contribution >= 4 is 12.0 Å². The fraction of sp³-hybridized carbons (Fsp3) is 0.100. The molecule has 1 aliphatic heterocycles. The number of aliphatic imine (C=N–C) groups is 1. The molecule has 2 heterocycles. The van der Waals surface area contributed by atoms with Crippen molar-refractivity contribution in [2.24, 2.45) is 4.99 Å². The summed E-state index contributed by atoms with van der Waals surface area (Å²) in [7, 11) is 0. The second-order valence-electron chi connectivity index (χ2n) is 3.03. The molecule has 1 aliphatic carbocycles. The molecule has 1 unspecified atom stereocenters. The SMILES string of the molecule is C1=CC2C(=C1)C=Nc1cccn12. The topological polar surface area (TPSA) is 17.3 Å². The third-order valence-corrected chi connectivity index (χ3v) is 2.33. The minimum atomic E-state index is 0.396. The second-order valence-corrected chi connectivity index (χ2v) is 3.03. The number of nitrogens with zero attached hydrogens (tertiary/aromatic N) is 2. The molecule has 1 aromatic rings. The zero-order valence-electron chi connectivity index (χ0n) is 6.51. The highest BCUT2D eigenvalue weighted by atomic mass is 15.1. The van der Waals surface area contributed by atoms with Crippen LogP contribution in [0.2, 0.25) is 0 Å². The van der Waals surface area contributed by atoms with Crippen LogP contribution >= 0.6 is 0 Å². The van der Waals surface area contributed by atoms with E-state index in [-0.39, 0.29) is 0 Å². The Morgan fingerprint density at radius 3 is 3.42 bits per heavy atom. The van der Waals surface area contributed by atoms with E-state index in [2.05, 4.69) is 34.0 Å².